The molecule has 0 saturated carbocycles. The van der Waals surface area contributed by atoms with Gasteiger partial charge in [-0.25, -0.2) is 16.8 Å². The molecule has 214 valence electrons. The first-order chi connectivity index (χ1) is 19.1. The quantitative estimate of drug-likeness (QED) is 0.352. The van der Waals surface area contributed by atoms with Crippen molar-refractivity contribution in [3.05, 3.63) is 89.5 Å². The number of morpholine rings is 1. The average Bonchev–Trinajstić information content (AvgIpc) is 2.96. The number of aryl methyl sites for hydroxylation is 1. The normalized spacial score (nSPS) is 15.3. The molecule has 1 aliphatic rings. The Morgan fingerprint density at radius 2 is 1.62 bits per heavy atom. The van der Waals surface area contributed by atoms with Crippen LogP contribution in [0, 0.1) is 6.92 Å². The van der Waals surface area contributed by atoms with E-state index in [0.717, 1.165) is 11.1 Å². The van der Waals surface area contributed by atoms with Crippen LogP contribution >= 0.6 is 0 Å². The zero-order valence-corrected chi connectivity index (χ0v) is 24.0. The maximum absolute atomic E-state index is 13.4. The number of hydrogen-bond donors (Lipinski definition) is 2. The summed E-state index contributed by atoms with van der Waals surface area (Å²) in [5.74, 6) is -0.354. The fourth-order valence-electron chi connectivity index (χ4n) is 4.31. The van der Waals surface area contributed by atoms with Gasteiger partial charge < -0.3 is 14.8 Å². The van der Waals surface area contributed by atoms with Gasteiger partial charge in [-0.2, -0.15) is 9.03 Å². The molecule has 1 saturated heterocycles. The van der Waals surface area contributed by atoms with E-state index in [1.54, 1.807) is 31.2 Å². The fourth-order valence-corrected chi connectivity index (χ4v) is 7.17. The predicted molar refractivity (Wildman–Crippen MR) is 150 cm³/mol. The van der Waals surface area contributed by atoms with E-state index in [-0.39, 0.29) is 28.5 Å². The summed E-state index contributed by atoms with van der Waals surface area (Å²) in [4.78, 5) is 13.4. The van der Waals surface area contributed by atoms with E-state index in [2.05, 4.69) is 10.0 Å². The number of ether oxygens (including phenoxy) is 2. The summed E-state index contributed by atoms with van der Waals surface area (Å²) in [5.41, 5.74) is 2.17. The van der Waals surface area contributed by atoms with E-state index < -0.39 is 32.0 Å². The number of amides is 1. The van der Waals surface area contributed by atoms with Crippen LogP contribution in [0.15, 0.2) is 82.6 Å². The lowest BCUT2D eigenvalue weighted by Gasteiger charge is -2.26. The van der Waals surface area contributed by atoms with Crippen LogP contribution in [0.5, 0.6) is 5.75 Å². The number of nitrogens with zero attached hydrogens (tertiary/aromatic N) is 1. The lowest BCUT2D eigenvalue weighted by molar-refractivity contribution is -0.122. The average molecular weight is 588 g/mol. The van der Waals surface area contributed by atoms with E-state index in [0.29, 0.717) is 31.9 Å². The molecule has 40 heavy (non-hydrogen) atoms. The first-order valence-electron chi connectivity index (χ1n) is 12.8. The largest absolute Gasteiger partial charge is 0.495 e. The van der Waals surface area contributed by atoms with E-state index in [9.17, 15) is 21.6 Å². The molecule has 0 spiro atoms. The lowest BCUT2D eigenvalue weighted by atomic mass is 10.1. The predicted octanol–water partition coefficient (Wildman–Crippen LogP) is 2.23. The Bertz CT molecular complexity index is 1520. The standard InChI is InChI=1S/C28H33N3O7S2/c1-21-8-13-26(37-2)27(18-21)39(33,34)30-25(19-22-6-4-3-5-7-22)28(32)29-20-23-9-11-24(12-10-23)40(35,36)31-14-16-38-17-15-31/h3-13,18,25,30H,14-17,19-20H2,1-2H3,(H,29,32). The van der Waals surface area contributed by atoms with Crippen molar-refractivity contribution in [3.8, 4) is 5.75 Å². The summed E-state index contributed by atoms with van der Waals surface area (Å²) in [6.45, 7) is 3.16. The van der Waals surface area contributed by atoms with Crippen LogP contribution in [-0.2, 0) is 42.5 Å². The molecule has 1 aliphatic heterocycles. The second-order valence-corrected chi connectivity index (χ2v) is 13.0. The summed E-state index contributed by atoms with van der Waals surface area (Å²) < 4.78 is 66.9. The van der Waals surface area contributed by atoms with Gasteiger partial charge in [0, 0.05) is 19.6 Å². The Hall–Kier alpha value is -3.29. The molecular weight excluding hydrogens is 554 g/mol. The Morgan fingerprint density at radius 1 is 0.950 bits per heavy atom. The minimum atomic E-state index is -4.12. The van der Waals surface area contributed by atoms with Gasteiger partial charge in [0.05, 0.1) is 25.2 Å². The molecule has 1 heterocycles. The molecule has 0 aliphatic carbocycles. The molecule has 3 aromatic rings. The molecule has 3 aromatic carbocycles. The van der Waals surface area contributed by atoms with Crippen LogP contribution in [0.4, 0.5) is 0 Å². The van der Waals surface area contributed by atoms with Crippen molar-refractivity contribution in [1.29, 1.82) is 0 Å². The zero-order chi connectivity index (χ0) is 28.8. The maximum Gasteiger partial charge on any atom is 0.244 e. The van der Waals surface area contributed by atoms with E-state index in [4.69, 9.17) is 9.47 Å². The highest BCUT2D eigenvalue weighted by Crippen LogP contribution is 2.25. The van der Waals surface area contributed by atoms with Crippen LogP contribution in [0.3, 0.4) is 0 Å². The minimum Gasteiger partial charge on any atom is -0.495 e. The van der Waals surface area contributed by atoms with Crippen LogP contribution < -0.4 is 14.8 Å². The summed E-state index contributed by atoms with van der Waals surface area (Å²) in [7, 11) is -6.37. The van der Waals surface area contributed by atoms with Crippen molar-refractivity contribution >= 4 is 26.0 Å². The Morgan fingerprint density at radius 3 is 2.27 bits per heavy atom. The molecule has 10 nitrogen and oxygen atoms in total. The molecule has 0 aromatic heterocycles. The van der Waals surface area contributed by atoms with Crippen molar-refractivity contribution in [2.45, 2.75) is 35.7 Å². The number of hydrogen-bond acceptors (Lipinski definition) is 7. The molecule has 0 bridgehead atoms. The molecule has 1 unspecified atom stereocenters. The highest BCUT2D eigenvalue weighted by molar-refractivity contribution is 7.89. The molecule has 0 radical (unpaired) electrons. The molecule has 12 heteroatoms. The number of rotatable bonds is 11. The van der Waals surface area contributed by atoms with E-state index in [1.165, 1.54) is 29.6 Å². The van der Waals surface area contributed by atoms with Gasteiger partial charge >= 0.3 is 0 Å². The SMILES string of the molecule is COc1ccc(C)cc1S(=O)(=O)NC(Cc1ccccc1)C(=O)NCc1ccc(S(=O)(=O)N2CCOCC2)cc1. The number of nitrogens with one attached hydrogen (secondary N) is 2. The monoisotopic (exact) mass is 587 g/mol. The Balaban J connectivity index is 1.49. The smallest absolute Gasteiger partial charge is 0.244 e. The third-order valence-electron chi connectivity index (χ3n) is 6.50. The summed E-state index contributed by atoms with van der Waals surface area (Å²) in [6.07, 6.45) is 0.122. The summed E-state index contributed by atoms with van der Waals surface area (Å²) in [5, 5.41) is 2.78. The van der Waals surface area contributed by atoms with Crippen molar-refractivity contribution in [3.63, 3.8) is 0 Å². The maximum atomic E-state index is 13.4. The highest BCUT2D eigenvalue weighted by atomic mass is 32.2. The highest BCUT2D eigenvalue weighted by Gasteiger charge is 2.29. The first kappa shape index (κ1) is 29.7. The Labute approximate surface area is 235 Å². The number of benzene rings is 3. The van der Waals surface area contributed by atoms with Gasteiger partial charge in [-0.15, -0.1) is 0 Å². The van der Waals surface area contributed by atoms with Crippen LogP contribution in [0.1, 0.15) is 16.7 Å². The molecule has 1 atom stereocenters. The molecule has 4 rings (SSSR count). The fraction of sp³-hybridized carbons (Fsp3) is 0.321. The first-order valence-corrected chi connectivity index (χ1v) is 15.7. The Kier molecular flexibility index (Phi) is 9.59. The molecule has 1 fully saturated rings. The molecule has 2 N–H and O–H groups in total. The number of carbonyl (C=O) groups excluding carboxylic acids is 1. The van der Waals surface area contributed by atoms with Gasteiger partial charge in [0.1, 0.15) is 16.7 Å². The van der Waals surface area contributed by atoms with Crippen molar-refractivity contribution in [2.24, 2.45) is 0 Å². The van der Waals surface area contributed by atoms with E-state index >= 15 is 0 Å². The van der Waals surface area contributed by atoms with Crippen molar-refractivity contribution in [1.82, 2.24) is 14.3 Å². The van der Waals surface area contributed by atoms with Gasteiger partial charge in [0.15, 0.2) is 0 Å². The van der Waals surface area contributed by atoms with Crippen molar-refractivity contribution in [2.75, 3.05) is 33.4 Å². The van der Waals surface area contributed by atoms with Crippen LogP contribution in [0.25, 0.3) is 0 Å². The third kappa shape index (κ3) is 7.26. The van der Waals surface area contributed by atoms with E-state index in [1.807, 2.05) is 30.3 Å². The third-order valence-corrected chi connectivity index (χ3v) is 9.91. The number of sulfonamides is 2. The van der Waals surface area contributed by atoms with Gasteiger partial charge in [-0.3, -0.25) is 4.79 Å². The summed E-state index contributed by atoms with van der Waals surface area (Å²) in [6, 6.07) is 19.0. The molecule has 1 amide bonds. The van der Waals surface area contributed by atoms with Gasteiger partial charge in [-0.05, 0) is 54.3 Å². The second kappa shape index (κ2) is 12.9. The zero-order valence-electron chi connectivity index (χ0n) is 22.4. The minimum absolute atomic E-state index is 0.0575. The number of methoxy groups -OCH3 is 1. The lowest BCUT2D eigenvalue weighted by Crippen LogP contribution is -2.47. The van der Waals surface area contributed by atoms with Crippen LogP contribution in [-0.4, -0.2) is 66.5 Å². The second-order valence-electron chi connectivity index (χ2n) is 9.40. The number of carbonyl (C=O) groups is 1. The van der Waals surface area contributed by atoms with Gasteiger partial charge in [0.2, 0.25) is 26.0 Å². The van der Waals surface area contributed by atoms with Crippen LogP contribution in [0.2, 0.25) is 0 Å². The van der Waals surface area contributed by atoms with Gasteiger partial charge in [-0.1, -0.05) is 48.5 Å². The van der Waals surface area contributed by atoms with Gasteiger partial charge in [0.25, 0.3) is 0 Å². The topological polar surface area (TPSA) is 131 Å². The van der Waals surface area contributed by atoms with Crippen molar-refractivity contribution < 1.29 is 31.1 Å². The molecular formula is C28H33N3O7S2. The summed E-state index contributed by atoms with van der Waals surface area (Å²) >= 11 is 0.